The number of ether oxygens (including phenoxy) is 1. The van der Waals surface area contributed by atoms with Gasteiger partial charge in [-0.1, -0.05) is 5.21 Å². The minimum atomic E-state index is -0.209. The van der Waals surface area contributed by atoms with E-state index in [1.807, 2.05) is 24.3 Å². The molecule has 1 heterocycles. The molecule has 22 heavy (non-hydrogen) atoms. The van der Waals surface area contributed by atoms with Crippen LogP contribution in [0.1, 0.15) is 5.69 Å². The minimum Gasteiger partial charge on any atom is -0.508 e. The van der Waals surface area contributed by atoms with Crippen LogP contribution in [0, 0.1) is 0 Å². The lowest BCUT2D eigenvalue weighted by Crippen LogP contribution is -2.00. The van der Waals surface area contributed by atoms with Crippen LogP contribution in [0.3, 0.4) is 0 Å². The number of rotatable bonds is 4. The van der Waals surface area contributed by atoms with E-state index in [0.29, 0.717) is 11.4 Å². The average molecular weight is 297 g/mol. The molecule has 0 saturated heterocycles. The fraction of sp³-hybridized carbons (Fsp3) is 0.125. The molecule has 6 heteroatoms. The van der Waals surface area contributed by atoms with E-state index in [1.54, 1.807) is 36.1 Å². The third-order valence-electron chi connectivity index (χ3n) is 3.35. The Morgan fingerprint density at radius 3 is 2.32 bits per heavy atom. The number of nitrogens with zero attached hydrogens (tertiary/aromatic N) is 3. The Hall–Kier alpha value is -2.86. The smallest absolute Gasteiger partial charge is 0.118 e. The summed E-state index contributed by atoms with van der Waals surface area (Å²) in [6.45, 7) is -0.209. The lowest BCUT2D eigenvalue weighted by atomic mass is 10.1. The highest BCUT2D eigenvalue weighted by molar-refractivity contribution is 5.65. The first kappa shape index (κ1) is 14.1. The second-order valence-corrected chi connectivity index (χ2v) is 4.70. The van der Waals surface area contributed by atoms with Crippen LogP contribution < -0.4 is 4.74 Å². The molecule has 6 nitrogen and oxygen atoms in total. The molecule has 0 bridgehead atoms. The Kier molecular flexibility index (Phi) is 3.76. The Labute approximate surface area is 127 Å². The Morgan fingerprint density at radius 2 is 1.73 bits per heavy atom. The molecule has 3 rings (SSSR count). The highest BCUT2D eigenvalue weighted by Crippen LogP contribution is 2.27. The Balaban J connectivity index is 2.12. The van der Waals surface area contributed by atoms with Gasteiger partial charge in [0.05, 0.1) is 19.4 Å². The molecular formula is C16H15N3O3. The number of aliphatic hydroxyl groups excluding tert-OH is 1. The van der Waals surface area contributed by atoms with Gasteiger partial charge in [-0.25, -0.2) is 4.68 Å². The van der Waals surface area contributed by atoms with E-state index >= 15 is 0 Å². The third-order valence-corrected chi connectivity index (χ3v) is 3.35. The van der Waals surface area contributed by atoms with Crippen molar-refractivity contribution in [1.82, 2.24) is 15.0 Å². The quantitative estimate of drug-likeness (QED) is 0.771. The van der Waals surface area contributed by atoms with Crippen LogP contribution in [0.2, 0.25) is 0 Å². The van der Waals surface area contributed by atoms with Crippen LogP contribution in [-0.2, 0) is 6.61 Å². The van der Waals surface area contributed by atoms with Gasteiger partial charge in [-0.3, -0.25) is 0 Å². The molecule has 0 unspecified atom stereocenters. The summed E-state index contributed by atoms with van der Waals surface area (Å²) < 4.78 is 6.79. The molecule has 0 aliphatic rings. The second-order valence-electron chi connectivity index (χ2n) is 4.70. The summed E-state index contributed by atoms with van der Waals surface area (Å²) in [6.07, 6.45) is 0. The molecule has 3 aromatic rings. The number of methoxy groups -OCH3 is 1. The molecule has 2 N–H and O–H groups in total. The molecule has 0 radical (unpaired) electrons. The van der Waals surface area contributed by atoms with Crippen molar-refractivity contribution >= 4 is 0 Å². The number of aromatic hydroxyl groups is 1. The van der Waals surface area contributed by atoms with Crippen molar-refractivity contribution in [2.45, 2.75) is 6.61 Å². The van der Waals surface area contributed by atoms with Crippen LogP contribution in [0.5, 0.6) is 11.5 Å². The van der Waals surface area contributed by atoms with Gasteiger partial charge in [-0.2, -0.15) is 0 Å². The fourth-order valence-electron chi connectivity index (χ4n) is 2.23. The second kappa shape index (κ2) is 5.87. The largest absolute Gasteiger partial charge is 0.508 e. The Morgan fingerprint density at radius 1 is 1.05 bits per heavy atom. The van der Waals surface area contributed by atoms with Crippen LogP contribution in [0.4, 0.5) is 0 Å². The molecule has 112 valence electrons. The van der Waals surface area contributed by atoms with Crippen molar-refractivity contribution in [1.29, 1.82) is 0 Å². The van der Waals surface area contributed by atoms with Crippen molar-refractivity contribution in [3.05, 3.63) is 54.2 Å². The molecule has 0 fully saturated rings. The van der Waals surface area contributed by atoms with Crippen LogP contribution in [-0.4, -0.2) is 32.3 Å². The average Bonchev–Trinajstić information content (AvgIpc) is 2.99. The van der Waals surface area contributed by atoms with Gasteiger partial charge >= 0.3 is 0 Å². The number of hydrogen-bond acceptors (Lipinski definition) is 5. The van der Waals surface area contributed by atoms with Gasteiger partial charge in [0, 0.05) is 5.56 Å². The van der Waals surface area contributed by atoms with Crippen molar-refractivity contribution in [2.24, 2.45) is 0 Å². The first-order valence-electron chi connectivity index (χ1n) is 6.72. The van der Waals surface area contributed by atoms with Gasteiger partial charge in [0.15, 0.2) is 0 Å². The van der Waals surface area contributed by atoms with Crippen LogP contribution in [0.25, 0.3) is 16.9 Å². The van der Waals surface area contributed by atoms with Gasteiger partial charge in [-0.15, -0.1) is 5.10 Å². The molecule has 1 aromatic heterocycles. The summed E-state index contributed by atoms with van der Waals surface area (Å²) in [5, 5.41) is 27.0. The van der Waals surface area contributed by atoms with Gasteiger partial charge in [0.2, 0.25) is 0 Å². The lowest BCUT2D eigenvalue weighted by Gasteiger charge is -2.09. The summed E-state index contributed by atoms with van der Waals surface area (Å²) in [4.78, 5) is 0. The Bertz CT molecular complexity index is 764. The maximum atomic E-state index is 9.50. The van der Waals surface area contributed by atoms with E-state index in [1.165, 1.54) is 0 Å². The summed E-state index contributed by atoms with van der Waals surface area (Å²) in [5.41, 5.74) is 2.80. The normalized spacial score (nSPS) is 10.6. The fourth-order valence-corrected chi connectivity index (χ4v) is 2.23. The monoisotopic (exact) mass is 297 g/mol. The van der Waals surface area contributed by atoms with Crippen LogP contribution in [0.15, 0.2) is 48.5 Å². The van der Waals surface area contributed by atoms with E-state index in [4.69, 9.17) is 4.74 Å². The van der Waals surface area contributed by atoms with Gasteiger partial charge < -0.3 is 14.9 Å². The van der Waals surface area contributed by atoms with E-state index in [-0.39, 0.29) is 12.4 Å². The number of hydrogen-bond donors (Lipinski definition) is 2. The zero-order valence-electron chi connectivity index (χ0n) is 12.0. The zero-order chi connectivity index (χ0) is 15.5. The SMILES string of the molecule is COc1ccc(-c2c(CO)nnn2-c2ccc(O)cc2)cc1. The number of phenols is 1. The zero-order valence-corrected chi connectivity index (χ0v) is 12.0. The van der Waals surface area contributed by atoms with Crippen molar-refractivity contribution in [3.8, 4) is 28.4 Å². The summed E-state index contributed by atoms with van der Waals surface area (Å²) in [6, 6.07) is 14.1. The molecule has 0 saturated carbocycles. The van der Waals surface area contributed by atoms with E-state index in [9.17, 15) is 10.2 Å². The molecular weight excluding hydrogens is 282 g/mol. The molecule has 0 spiro atoms. The van der Waals surface area contributed by atoms with Gasteiger partial charge in [-0.05, 0) is 48.5 Å². The maximum absolute atomic E-state index is 9.50. The molecule has 0 amide bonds. The minimum absolute atomic E-state index is 0.178. The molecule has 0 atom stereocenters. The summed E-state index contributed by atoms with van der Waals surface area (Å²) in [5.74, 6) is 0.926. The van der Waals surface area contributed by atoms with Crippen molar-refractivity contribution < 1.29 is 14.9 Å². The predicted molar refractivity (Wildman–Crippen MR) is 80.9 cm³/mol. The highest BCUT2D eigenvalue weighted by Gasteiger charge is 2.15. The van der Waals surface area contributed by atoms with Crippen LogP contribution >= 0.6 is 0 Å². The highest BCUT2D eigenvalue weighted by atomic mass is 16.5. The summed E-state index contributed by atoms with van der Waals surface area (Å²) in [7, 11) is 1.61. The predicted octanol–water partition coefficient (Wildman–Crippen LogP) is 2.14. The lowest BCUT2D eigenvalue weighted by molar-refractivity contribution is 0.277. The van der Waals surface area contributed by atoms with E-state index in [0.717, 1.165) is 17.0 Å². The van der Waals surface area contributed by atoms with Gasteiger partial charge in [0.25, 0.3) is 0 Å². The van der Waals surface area contributed by atoms with E-state index in [2.05, 4.69) is 10.3 Å². The maximum Gasteiger partial charge on any atom is 0.118 e. The topological polar surface area (TPSA) is 80.4 Å². The summed E-state index contributed by atoms with van der Waals surface area (Å²) >= 11 is 0. The molecule has 2 aromatic carbocycles. The first-order valence-corrected chi connectivity index (χ1v) is 6.72. The van der Waals surface area contributed by atoms with Gasteiger partial charge in [0.1, 0.15) is 22.9 Å². The van der Waals surface area contributed by atoms with E-state index < -0.39 is 0 Å². The number of aliphatic hydroxyl groups is 1. The number of benzene rings is 2. The first-order chi connectivity index (χ1) is 10.7. The molecule has 0 aliphatic heterocycles. The number of aromatic nitrogens is 3. The molecule has 0 aliphatic carbocycles. The van der Waals surface area contributed by atoms with Crippen molar-refractivity contribution in [2.75, 3.05) is 7.11 Å². The van der Waals surface area contributed by atoms with Crippen molar-refractivity contribution in [3.63, 3.8) is 0 Å². The standard InChI is InChI=1S/C16H15N3O3/c1-22-14-8-2-11(3-9-14)16-15(10-20)17-18-19(16)12-4-6-13(21)7-5-12/h2-9,20-21H,10H2,1H3. The number of phenolic OH excluding ortho intramolecular Hbond substituents is 1. The third kappa shape index (κ3) is 2.51.